The zero-order valence-corrected chi connectivity index (χ0v) is 10.1. The fourth-order valence-electron chi connectivity index (χ4n) is 1.95. The van der Waals surface area contributed by atoms with Crippen LogP contribution in [-0.4, -0.2) is 25.8 Å². The van der Waals surface area contributed by atoms with E-state index in [4.69, 9.17) is 0 Å². The molecule has 16 heavy (non-hydrogen) atoms. The molecule has 2 rings (SSSR count). The summed E-state index contributed by atoms with van der Waals surface area (Å²) in [4.78, 5) is 0. The van der Waals surface area contributed by atoms with E-state index >= 15 is 0 Å². The quantitative estimate of drug-likeness (QED) is 0.846. The molecule has 0 aliphatic carbocycles. The first-order valence-corrected chi connectivity index (χ1v) is 6.90. The van der Waals surface area contributed by atoms with Gasteiger partial charge in [-0.15, -0.1) is 0 Å². The van der Waals surface area contributed by atoms with Gasteiger partial charge < -0.3 is 0 Å². The number of rotatable bonds is 2. The largest absolute Gasteiger partial charge is 0.279 e. The van der Waals surface area contributed by atoms with E-state index in [-0.39, 0.29) is 6.04 Å². The van der Waals surface area contributed by atoms with Gasteiger partial charge >= 0.3 is 0 Å². The number of nitrogens with zero attached hydrogens (tertiary/aromatic N) is 1. The molecule has 1 aliphatic rings. The van der Waals surface area contributed by atoms with E-state index in [1.807, 2.05) is 37.3 Å². The van der Waals surface area contributed by atoms with E-state index < -0.39 is 10.2 Å². The molecule has 1 aromatic rings. The Labute approximate surface area is 96.5 Å². The van der Waals surface area contributed by atoms with Crippen LogP contribution in [0.4, 0.5) is 0 Å². The maximum atomic E-state index is 11.8. The molecule has 88 valence electrons. The predicted octanol–water partition coefficient (Wildman–Crippen LogP) is 1.29. The molecule has 1 N–H and O–H groups in total. The number of hydrogen-bond donors (Lipinski definition) is 1. The molecule has 0 saturated carbocycles. The summed E-state index contributed by atoms with van der Waals surface area (Å²) in [6.07, 6.45) is 0.817. The Morgan fingerprint density at radius 3 is 2.62 bits per heavy atom. The molecule has 4 nitrogen and oxygen atoms in total. The first-order valence-electron chi connectivity index (χ1n) is 5.46. The summed E-state index contributed by atoms with van der Waals surface area (Å²) in [6, 6.07) is 9.60. The lowest BCUT2D eigenvalue weighted by atomic mass is 10.1. The molecule has 0 spiro atoms. The second-order valence-corrected chi connectivity index (χ2v) is 5.57. The Kier molecular flexibility index (Phi) is 3.28. The minimum atomic E-state index is -3.29. The molecule has 0 radical (unpaired) electrons. The second-order valence-electron chi connectivity index (χ2n) is 3.87. The number of benzene rings is 1. The van der Waals surface area contributed by atoms with Gasteiger partial charge in [-0.3, -0.25) is 0 Å². The SMILES string of the molecule is CCN1CCC(c2ccccc2)NS1(=O)=O. The molecule has 1 aromatic carbocycles. The van der Waals surface area contributed by atoms with E-state index in [2.05, 4.69) is 4.72 Å². The monoisotopic (exact) mass is 240 g/mol. The average molecular weight is 240 g/mol. The van der Waals surface area contributed by atoms with Crippen LogP contribution >= 0.6 is 0 Å². The van der Waals surface area contributed by atoms with Crippen molar-refractivity contribution >= 4 is 10.2 Å². The highest BCUT2D eigenvalue weighted by Gasteiger charge is 2.30. The molecule has 1 heterocycles. The lowest BCUT2D eigenvalue weighted by molar-refractivity contribution is 0.353. The van der Waals surface area contributed by atoms with Gasteiger partial charge in [0.1, 0.15) is 0 Å². The van der Waals surface area contributed by atoms with E-state index in [1.54, 1.807) is 0 Å². The van der Waals surface area contributed by atoms with Gasteiger partial charge in [-0.2, -0.15) is 17.4 Å². The summed E-state index contributed by atoms with van der Waals surface area (Å²) >= 11 is 0. The fourth-order valence-corrected chi connectivity index (χ4v) is 3.40. The maximum Gasteiger partial charge on any atom is 0.279 e. The highest BCUT2D eigenvalue weighted by Crippen LogP contribution is 2.23. The molecule has 5 heteroatoms. The van der Waals surface area contributed by atoms with Crippen LogP contribution in [0.1, 0.15) is 24.9 Å². The van der Waals surface area contributed by atoms with Crippen LogP contribution in [0.5, 0.6) is 0 Å². The smallest absolute Gasteiger partial charge is 0.195 e. The predicted molar refractivity (Wildman–Crippen MR) is 63.1 cm³/mol. The van der Waals surface area contributed by atoms with Crippen molar-refractivity contribution in [2.75, 3.05) is 13.1 Å². The molecule has 1 fully saturated rings. The topological polar surface area (TPSA) is 49.4 Å². The van der Waals surface area contributed by atoms with E-state index in [0.29, 0.717) is 13.1 Å². The van der Waals surface area contributed by atoms with Gasteiger partial charge in [-0.25, -0.2) is 0 Å². The fraction of sp³-hybridized carbons (Fsp3) is 0.455. The first-order chi connectivity index (χ1) is 7.63. The Morgan fingerprint density at radius 2 is 2.06 bits per heavy atom. The third kappa shape index (κ3) is 2.26. The van der Waals surface area contributed by atoms with E-state index in [9.17, 15) is 8.42 Å². The molecule has 1 atom stereocenters. The number of hydrogen-bond acceptors (Lipinski definition) is 2. The minimum Gasteiger partial charge on any atom is -0.195 e. The third-order valence-electron chi connectivity index (χ3n) is 2.85. The summed E-state index contributed by atoms with van der Waals surface area (Å²) in [5.74, 6) is 0. The van der Waals surface area contributed by atoms with Crippen molar-refractivity contribution < 1.29 is 8.42 Å². The van der Waals surface area contributed by atoms with Crippen LogP contribution in [0.3, 0.4) is 0 Å². The van der Waals surface area contributed by atoms with Crippen molar-refractivity contribution in [3.05, 3.63) is 35.9 Å². The highest BCUT2D eigenvalue weighted by molar-refractivity contribution is 7.87. The van der Waals surface area contributed by atoms with Crippen LogP contribution in [0.2, 0.25) is 0 Å². The minimum absolute atomic E-state index is 0.0889. The van der Waals surface area contributed by atoms with Crippen LogP contribution < -0.4 is 4.72 Å². The molecule has 0 aromatic heterocycles. The molecule has 1 unspecified atom stereocenters. The van der Waals surface area contributed by atoms with Crippen molar-refractivity contribution in [2.45, 2.75) is 19.4 Å². The van der Waals surface area contributed by atoms with Gasteiger partial charge in [-0.1, -0.05) is 37.3 Å². The highest BCUT2D eigenvalue weighted by atomic mass is 32.2. The molecule has 1 saturated heterocycles. The second kappa shape index (κ2) is 4.53. The summed E-state index contributed by atoms with van der Waals surface area (Å²) in [5.41, 5.74) is 1.03. The van der Waals surface area contributed by atoms with Crippen molar-refractivity contribution in [1.82, 2.24) is 9.03 Å². The van der Waals surface area contributed by atoms with Gasteiger partial charge in [0.05, 0.1) is 0 Å². The zero-order chi connectivity index (χ0) is 11.6. The molecule has 1 aliphatic heterocycles. The number of nitrogens with one attached hydrogen (secondary N) is 1. The zero-order valence-electron chi connectivity index (χ0n) is 9.26. The Hall–Kier alpha value is -0.910. The molecule has 0 amide bonds. The van der Waals surface area contributed by atoms with Crippen LogP contribution in [-0.2, 0) is 10.2 Å². The summed E-state index contributed by atoms with van der Waals surface area (Å²) in [5, 5.41) is 0. The van der Waals surface area contributed by atoms with Crippen molar-refractivity contribution in [1.29, 1.82) is 0 Å². The normalized spacial score (nSPS) is 25.4. The van der Waals surface area contributed by atoms with Gasteiger partial charge in [0.2, 0.25) is 0 Å². The molecule has 0 bridgehead atoms. The summed E-state index contributed by atoms with van der Waals surface area (Å²) in [6.45, 7) is 2.96. The average Bonchev–Trinajstić information content (AvgIpc) is 2.29. The molecular weight excluding hydrogens is 224 g/mol. The van der Waals surface area contributed by atoms with E-state index in [0.717, 1.165) is 12.0 Å². The van der Waals surface area contributed by atoms with Gasteiger partial charge in [0, 0.05) is 19.1 Å². The maximum absolute atomic E-state index is 11.8. The first kappa shape index (κ1) is 11.6. The van der Waals surface area contributed by atoms with Gasteiger partial charge in [0.15, 0.2) is 0 Å². The summed E-state index contributed by atoms with van der Waals surface area (Å²) < 4.78 is 27.8. The standard InChI is InChI=1S/C11H16N2O2S/c1-2-13-9-8-11(12-16(13,14)15)10-6-4-3-5-7-10/h3-7,11-12H,2,8-9H2,1H3. The summed E-state index contributed by atoms with van der Waals surface area (Å²) in [7, 11) is -3.29. The lowest BCUT2D eigenvalue weighted by Crippen LogP contribution is -2.48. The Balaban J connectivity index is 2.18. The van der Waals surface area contributed by atoms with Crippen LogP contribution in [0.15, 0.2) is 30.3 Å². The third-order valence-corrected chi connectivity index (χ3v) is 4.56. The van der Waals surface area contributed by atoms with Crippen molar-refractivity contribution in [3.63, 3.8) is 0 Å². The lowest BCUT2D eigenvalue weighted by Gasteiger charge is -2.31. The Morgan fingerprint density at radius 1 is 1.38 bits per heavy atom. The van der Waals surface area contributed by atoms with Crippen molar-refractivity contribution in [2.24, 2.45) is 0 Å². The van der Waals surface area contributed by atoms with Gasteiger partial charge in [-0.05, 0) is 12.0 Å². The Bertz CT molecular complexity index is 444. The van der Waals surface area contributed by atoms with Crippen LogP contribution in [0.25, 0.3) is 0 Å². The van der Waals surface area contributed by atoms with Crippen LogP contribution in [0, 0.1) is 0 Å². The van der Waals surface area contributed by atoms with Crippen molar-refractivity contribution in [3.8, 4) is 0 Å². The van der Waals surface area contributed by atoms with E-state index in [1.165, 1.54) is 4.31 Å². The van der Waals surface area contributed by atoms with Gasteiger partial charge in [0.25, 0.3) is 10.2 Å². The molecular formula is C11H16N2O2S.